The zero-order valence-electron chi connectivity index (χ0n) is 74.1. The number of amides is 9. The van der Waals surface area contributed by atoms with Crippen LogP contribution >= 0.6 is 15.6 Å². The van der Waals surface area contributed by atoms with Crippen molar-refractivity contribution in [3.05, 3.63) is 0 Å². The summed E-state index contributed by atoms with van der Waals surface area (Å²) in [5.74, 6) is -1.98. The van der Waals surface area contributed by atoms with E-state index >= 15 is 0 Å². The van der Waals surface area contributed by atoms with Crippen LogP contribution in [-0.4, -0.2) is 365 Å². The van der Waals surface area contributed by atoms with Crippen molar-refractivity contribution in [2.24, 2.45) is 11.8 Å². The zero-order chi connectivity index (χ0) is 93.0. The second-order valence-corrected chi connectivity index (χ2v) is 35.5. The lowest BCUT2D eigenvalue weighted by Crippen LogP contribution is -2.64. The Morgan fingerprint density at radius 1 is 0.357 bits per heavy atom. The summed E-state index contributed by atoms with van der Waals surface area (Å²) in [6.45, 7) is 4.56. The first-order chi connectivity index (χ1) is 60.1. The van der Waals surface area contributed by atoms with Crippen LogP contribution in [0.4, 0.5) is 0 Å². The van der Waals surface area contributed by atoms with E-state index in [1.165, 1.54) is 35.5 Å². The number of unbranched alkanes of at least 4 members (excludes halogenated alkanes) is 12. The number of phosphoric ester groups is 2. The maximum Gasteiger partial charge on any atom is 0.472 e. The molecule has 0 spiro atoms. The van der Waals surface area contributed by atoms with Crippen molar-refractivity contribution in [3.63, 3.8) is 0 Å². The van der Waals surface area contributed by atoms with E-state index in [1.807, 2.05) is 0 Å². The minimum atomic E-state index is -4.87. The molecular formula is C81H149N9O34P2. The number of ether oxygens (including phenoxy) is 7. The lowest BCUT2D eigenvalue weighted by molar-refractivity contribution is -0.270. The molecule has 17 atom stereocenters. The molecule has 3 saturated heterocycles. The molecule has 0 aromatic carbocycles. The predicted octanol–water partition coefficient (Wildman–Crippen LogP) is -0.445. The van der Waals surface area contributed by atoms with Crippen molar-refractivity contribution in [3.8, 4) is 0 Å². The highest BCUT2D eigenvalue weighted by Gasteiger charge is 2.48. The number of phosphoric acid groups is 2. The summed E-state index contributed by atoms with van der Waals surface area (Å²) in [7, 11) is -9.73. The monoisotopic (exact) mass is 1850 g/mol. The first kappa shape index (κ1) is 113. The fourth-order valence-electron chi connectivity index (χ4n) is 14.9. The van der Waals surface area contributed by atoms with Gasteiger partial charge in [-0.3, -0.25) is 61.2 Å². The highest BCUT2D eigenvalue weighted by molar-refractivity contribution is 7.47. The Bertz CT molecular complexity index is 3220. The maximum absolute atomic E-state index is 13.9. The molecule has 1 saturated carbocycles. The van der Waals surface area contributed by atoms with Crippen LogP contribution in [0.25, 0.3) is 0 Å². The van der Waals surface area contributed by atoms with Crippen molar-refractivity contribution in [2.45, 2.75) is 312 Å². The molecule has 45 heteroatoms. The van der Waals surface area contributed by atoms with Crippen molar-refractivity contribution in [1.29, 1.82) is 0 Å². The average Bonchev–Trinajstić information content (AvgIpc) is 0.815. The van der Waals surface area contributed by atoms with E-state index < -0.39 is 184 Å². The quantitative estimate of drug-likeness (QED) is 0.0271. The Balaban J connectivity index is 1.24. The summed E-state index contributed by atoms with van der Waals surface area (Å²) in [6, 6.07) is -3.21. The minimum absolute atomic E-state index is 0.0119. The molecule has 18 N–H and O–H groups in total. The van der Waals surface area contributed by atoms with Crippen LogP contribution in [0.1, 0.15) is 214 Å². The first-order valence-corrected chi connectivity index (χ1v) is 47.8. The second kappa shape index (κ2) is 63.8. The highest BCUT2D eigenvalue weighted by atomic mass is 31.2. The van der Waals surface area contributed by atoms with Gasteiger partial charge in [-0.25, -0.2) is 9.13 Å². The number of aliphatic hydroxyl groups is 10. The Morgan fingerprint density at radius 3 is 0.913 bits per heavy atom. The van der Waals surface area contributed by atoms with Crippen molar-refractivity contribution in [1.82, 2.24) is 46.6 Å². The van der Waals surface area contributed by atoms with Crippen molar-refractivity contribution in [2.75, 3.05) is 138 Å². The third-order valence-electron chi connectivity index (χ3n) is 22.2. The van der Waals surface area contributed by atoms with Gasteiger partial charge in [0.05, 0.1) is 65.6 Å². The largest absolute Gasteiger partial charge is 0.472 e. The molecule has 43 nitrogen and oxygen atoms in total. The lowest BCUT2D eigenvalue weighted by Gasteiger charge is -2.42. The van der Waals surface area contributed by atoms with E-state index in [-0.39, 0.29) is 146 Å². The van der Waals surface area contributed by atoms with Gasteiger partial charge in [-0.1, -0.05) is 52.4 Å². The first-order valence-electron chi connectivity index (χ1n) is 44.8. The molecular weight excluding hydrogens is 1700 g/mol. The van der Waals surface area contributed by atoms with Gasteiger partial charge in [0.15, 0.2) is 18.9 Å². The van der Waals surface area contributed by atoms with E-state index in [1.54, 1.807) is 0 Å². The normalized spacial score (nSPS) is 25.4. The number of hydrogen-bond donors (Lipinski definition) is 18. The maximum atomic E-state index is 13.9. The third kappa shape index (κ3) is 45.7. The summed E-state index contributed by atoms with van der Waals surface area (Å²) in [5, 5.41) is 117. The number of carbonyl (C=O) groups excluding carboxylic acids is 9. The Labute approximate surface area is 739 Å². The van der Waals surface area contributed by atoms with Gasteiger partial charge in [-0.05, 0) is 115 Å². The summed E-state index contributed by atoms with van der Waals surface area (Å²) in [4.78, 5) is 140. The van der Waals surface area contributed by atoms with Crippen LogP contribution < -0.4 is 31.9 Å². The van der Waals surface area contributed by atoms with Crippen LogP contribution in [0.5, 0.6) is 0 Å². The molecule has 4 rings (SSSR count). The number of nitrogens with zero attached hydrogens (tertiary/aromatic N) is 3. The molecule has 3 heterocycles. The van der Waals surface area contributed by atoms with Gasteiger partial charge < -0.3 is 141 Å². The Hall–Kier alpha value is -5.23. The van der Waals surface area contributed by atoms with E-state index in [2.05, 4.69) is 45.7 Å². The summed E-state index contributed by atoms with van der Waals surface area (Å²) >= 11 is 0. The fourth-order valence-corrected chi connectivity index (χ4v) is 16.3. The van der Waals surface area contributed by atoms with E-state index in [0.29, 0.717) is 141 Å². The van der Waals surface area contributed by atoms with Crippen molar-refractivity contribution >= 4 is 68.8 Å². The molecule has 0 aromatic heterocycles. The smallest absolute Gasteiger partial charge is 0.395 e. The van der Waals surface area contributed by atoms with Crippen molar-refractivity contribution < 1.29 is 164 Å². The fraction of sp³-hybridized carbons (Fsp3) is 0.889. The van der Waals surface area contributed by atoms with Gasteiger partial charge in [-0.2, -0.15) is 0 Å². The number of rotatable bonds is 68. The van der Waals surface area contributed by atoms with Gasteiger partial charge in [0.25, 0.3) is 0 Å². The highest BCUT2D eigenvalue weighted by Crippen LogP contribution is 2.44. The summed E-state index contributed by atoms with van der Waals surface area (Å²) in [5.41, 5.74) is 0. The molecule has 17 unspecified atom stereocenters. The molecule has 732 valence electrons. The number of nitrogens with one attached hydrogen (secondary N) is 6. The van der Waals surface area contributed by atoms with Crippen LogP contribution in [0.2, 0.25) is 0 Å². The minimum Gasteiger partial charge on any atom is -0.395 e. The second-order valence-electron chi connectivity index (χ2n) is 32.6. The van der Waals surface area contributed by atoms with E-state index in [0.717, 1.165) is 25.7 Å². The van der Waals surface area contributed by atoms with Gasteiger partial charge >= 0.3 is 15.6 Å². The van der Waals surface area contributed by atoms with E-state index in [4.69, 9.17) is 51.3 Å². The molecule has 9 amide bonds. The third-order valence-corrected chi connectivity index (χ3v) is 24.2. The van der Waals surface area contributed by atoms with E-state index in [9.17, 15) is 113 Å². The zero-order valence-corrected chi connectivity index (χ0v) is 75.9. The molecule has 1 aliphatic carbocycles. The predicted molar refractivity (Wildman–Crippen MR) is 451 cm³/mol. The average molecular weight is 1860 g/mol. The molecule has 0 aromatic rings. The van der Waals surface area contributed by atoms with Crippen LogP contribution in [0.15, 0.2) is 0 Å². The van der Waals surface area contributed by atoms with Gasteiger partial charge in [0.1, 0.15) is 73.1 Å². The van der Waals surface area contributed by atoms with Crippen LogP contribution in [0, 0.1) is 11.8 Å². The standard InChI is InChI=1S/C81H149N9O34P2/c1-55(2)59-30-32-60(33-31-59)114-47-38-89(68(102)28-16-7-19-35-83-65(99)25-13-10-22-45-116-80-71(86-57(4)96)77(108)74(105)62(53-93)123-80)40-49-119-126(112,113)121-51-42-90(69(103)29-17-8-20-36-84-66(100)26-14-11-23-46-117-81-72(87-58(5)97)78(109)75(106)63(54-94)124-81)41-50-120-125(110,111)118-48-39-88(37-43-91)67(101)27-15-6-18-34-82-64(98)24-12-9-21-44-115-79-70(85-56(3)95)76(107)73(104)61(52-92)122-79/h55,59-63,70-81,91-94,104-109H,6-54H2,1-5H3,(H,82,98)(H,83,99)(H,84,100)(H,85,95)(H,86,96)(H,87,97)(H,110,111)(H,112,113). The molecule has 4 fully saturated rings. The summed E-state index contributed by atoms with van der Waals surface area (Å²) in [6.07, 6.45) is -1.57. The lowest BCUT2D eigenvalue weighted by atomic mass is 9.80. The molecule has 4 aliphatic rings. The molecule has 126 heavy (non-hydrogen) atoms. The number of carbonyl (C=O) groups is 9. The topological polar surface area (TPSA) is 614 Å². The molecule has 0 radical (unpaired) electrons. The summed E-state index contributed by atoms with van der Waals surface area (Å²) < 4.78 is 88.0. The molecule has 3 aliphatic heterocycles. The van der Waals surface area contributed by atoms with Gasteiger partial charge in [-0.15, -0.1) is 0 Å². The van der Waals surface area contributed by atoms with Crippen LogP contribution in [-0.2, 0) is 104 Å². The Kier molecular flexibility index (Phi) is 57.2. The molecule has 0 bridgehead atoms. The SMILES string of the molecule is CC(=O)NC1C(OCCCCCC(=O)NCCCCCC(=O)N(CCO)CCOP(=O)(O)OCCN(CCOP(=O)(O)OCCN(CCOC2CCC(C(C)C)CC2)C(=O)CCCCCNC(=O)CCCCCOC2OC(CO)C(O)C(O)C2NC(C)=O)C(=O)CCCCCNC(=O)CCCCCOC2OC(CO)C(O)C(O)C2NC(C)=O)OC(CO)C(O)C1O. The van der Waals surface area contributed by atoms with Gasteiger partial charge in [0, 0.05) is 138 Å². The number of aliphatic hydroxyl groups excluding tert-OH is 10. The number of hydrogen-bond acceptors (Lipinski definition) is 32. The van der Waals surface area contributed by atoms with Gasteiger partial charge in [0.2, 0.25) is 53.2 Å². The van der Waals surface area contributed by atoms with Crippen LogP contribution in [0.3, 0.4) is 0 Å². The Morgan fingerprint density at radius 2 is 0.635 bits per heavy atom.